The summed E-state index contributed by atoms with van der Waals surface area (Å²) in [5.74, 6) is 0.263. The Hall–Kier alpha value is -2.04. The van der Waals surface area contributed by atoms with Crippen LogP contribution in [0.5, 0.6) is 5.75 Å². The molecule has 1 aliphatic rings. The average Bonchev–Trinajstić information content (AvgIpc) is 2.96. The van der Waals surface area contributed by atoms with Crippen LogP contribution < -0.4 is 9.64 Å². The van der Waals surface area contributed by atoms with Crippen LogP contribution in [0, 0.1) is 0 Å². The van der Waals surface area contributed by atoms with E-state index in [2.05, 4.69) is 6.92 Å². The van der Waals surface area contributed by atoms with E-state index in [1.165, 1.54) is 7.11 Å². The van der Waals surface area contributed by atoms with Gasteiger partial charge in [-0.2, -0.15) is 0 Å². The molecule has 1 saturated heterocycles. The maximum absolute atomic E-state index is 11.9. The second kappa shape index (κ2) is 7.82. The summed E-state index contributed by atoms with van der Waals surface area (Å²) >= 11 is 0. The summed E-state index contributed by atoms with van der Waals surface area (Å²) in [6.07, 6.45) is 4.59. The fourth-order valence-corrected chi connectivity index (χ4v) is 2.52. The van der Waals surface area contributed by atoms with Gasteiger partial charge in [0.2, 0.25) is 5.91 Å². The molecule has 1 amide bonds. The SMILES string of the molecule is CCCCCOc1cc(C(=O)OC)cc(N2CCCC2=O)c1. The van der Waals surface area contributed by atoms with Crippen LogP contribution in [-0.2, 0) is 9.53 Å². The summed E-state index contributed by atoms with van der Waals surface area (Å²) in [6, 6.07) is 5.18. The molecule has 1 aromatic carbocycles. The third-order valence-electron chi connectivity index (χ3n) is 3.71. The summed E-state index contributed by atoms with van der Waals surface area (Å²) in [4.78, 5) is 25.4. The molecule has 1 aliphatic heterocycles. The Balaban J connectivity index is 2.20. The Bertz CT molecular complexity index is 541. The molecule has 1 fully saturated rings. The number of unbranched alkanes of at least 4 members (excludes halogenated alkanes) is 2. The monoisotopic (exact) mass is 305 g/mol. The fraction of sp³-hybridized carbons (Fsp3) is 0.529. The molecule has 0 atom stereocenters. The maximum atomic E-state index is 11.9. The molecule has 120 valence electrons. The number of rotatable bonds is 7. The van der Waals surface area contributed by atoms with Crippen molar-refractivity contribution in [2.45, 2.75) is 39.0 Å². The number of methoxy groups -OCH3 is 1. The van der Waals surface area contributed by atoms with Crippen LogP contribution in [0.1, 0.15) is 49.4 Å². The van der Waals surface area contributed by atoms with E-state index in [1.54, 1.807) is 17.0 Å². The van der Waals surface area contributed by atoms with Gasteiger partial charge in [0.25, 0.3) is 0 Å². The minimum Gasteiger partial charge on any atom is -0.493 e. The minimum atomic E-state index is -0.424. The number of anilines is 1. The van der Waals surface area contributed by atoms with Crippen molar-refractivity contribution < 1.29 is 19.1 Å². The molecule has 1 aromatic rings. The van der Waals surface area contributed by atoms with E-state index in [0.717, 1.165) is 25.7 Å². The molecule has 0 bridgehead atoms. The van der Waals surface area contributed by atoms with E-state index in [4.69, 9.17) is 9.47 Å². The van der Waals surface area contributed by atoms with Crippen LogP contribution >= 0.6 is 0 Å². The first-order valence-corrected chi connectivity index (χ1v) is 7.82. The lowest BCUT2D eigenvalue weighted by molar-refractivity contribution is -0.117. The van der Waals surface area contributed by atoms with Crippen LogP contribution in [0.3, 0.4) is 0 Å². The quantitative estimate of drug-likeness (QED) is 0.573. The van der Waals surface area contributed by atoms with Gasteiger partial charge in [-0.3, -0.25) is 4.79 Å². The number of carbonyl (C=O) groups is 2. The highest BCUT2D eigenvalue weighted by molar-refractivity contribution is 5.98. The third kappa shape index (κ3) is 4.00. The van der Waals surface area contributed by atoms with Crippen molar-refractivity contribution in [2.24, 2.45) is 0 Å². The van der Waals surface area contributed by atoms with Crippen molar-refractivity contribution in [1.29, 1.82) is 0 Å². The summed E-state index contributed by atoms with van der Waals surface area (Å²) in [5.41, 5.74) is 1.11. The molecular weight excluding hydrogens is 282 g/mol. The fourth-order valence-electron chi connectivity index (χ4n) is 2.52. The van der Waals surface area contributed by atoms with Crippen LogP contribution in [-0.4, -0.2) is 32.1 Å². The second-order valence-electron chi connectivity index (χ2n) is 5.41. The first kappa shape index (κ1) is 16.3. The van der Waals surface area contributed by atoms with Crippen LogP contribution in [0.4, 0.5) is 5.69 Å². The zero-order valence-corrected chi connectivity index (χ0v) is 13.3. The number of hydrogen-bond acceptors (Lipinski definition) is 4. The smallest absolute Gasteiger partial charge is 0.338 e. The molecule has 0 radical (unpaired) electrons. The topological polar surface area (TPSA) is 55.8 Å². The standard InChI is InChI=1S/C17H23NO4/c1-3-4-5-9-22-15-11-13(17(20)21-2)10-14(12-15)18-8-6-7-16(18)19/h10-12H,3-9H2,1-2H3. The zero-order valence-electron chi connectivity index (χ0n) is 13.3. The van der Waals surface area contributed by atoms with Crippen molar-refractivity contribution in [3.63, 3.8) is 0 Å². The largest absolute Gasteiger partial charge is 0.493 e. The molecule has 0 unspecified atom stereocenters. The highest BCUT2D eigenvalue weighted by Crippen LogP contribution is 2.28. The summed E-state index contributed by atoms with van der Waals surface area (Å²) in [6.45, 7) is 3.42. The van der Waals surface area contributed by atoms with Gasteiger partial charge < -0.3 is 14.4 Å². The van der Waals surface area contributed by atoms with Crippen molar-refractivity contribution in [2.75, 3.05) is 25.2 Å². The van der Waals surface area contributed by atoms with Crippen molar-refractivity contribution in [3.8, 4) is 5.75 Å². The third-order valence-corrected chi connectivity index (χ3v) is 3.71. The van der Waals surface area contributed by atoms with Crippen LogP contribution in [0.25, 0.3) is 0 Å². The average molecular weight is 305 g/mol. The van der Waals surface area contributed by atoms with Gasteiger partial charge in [0.05, 0.1) is 19.3 Å². The van der Waals surface area contributed by atoms with Gasteiger partial charge in [-0.1, -0.05) is 19.8 Å². The molecule has 0 spiro atoms. The predicted octanol–water partition coefficient (Wildman–Crippen LogP) is 3.17. The molecule has 0 aliphatic carbocycles. The molecule has 0 saturated carbocycles. The first-order chi connectivity index (χ1) is 10.7. The number of carbonyl (C=O) groups excluding carboxylic acids is 2. The Kier molecular flexibility index (Phi) is 5.81. The Labute approximate surface area is 131 Å². The van der Waals surface area contributed by atoms with E-state index in [1.807, 2.05) is 6.07 Å². The summed E-state index contributed by atoms with van der Waals surface area (Å²) in [5, 5.41) is 0. The van der Waals surface area contributed by atoms with Crippen molar-refractivity contribution in [3.05, 3.63) is 23.8 Å². The summed E-state index contributed by atoms with van der Waals surface area (Å²) < 4.78 is 10.5. The van der Waals surface area contributed by atoms with Crippen molar-refractivity contribution >= 4 is 17.6 Å². The van der Waals surface area contributed by atoms with Gasteiger partial charge in [-0.25, -0.2) is 4.79 Å². The highest BCUT2D eigenvalue weighted by Gasteiger charge is 2.23. The van der Waals surface area contributed by atoms with Crippen LogP contribution in [0.15, 0.2) is 18.2 Å². The number of nitrogens with zero attached hydrogens (tertiary/aromatic N) is 1. The Morgan fingerprint density at radius 2 is 2.09 bits per heavy atom. The van der Waals surface area contributed by atoms with E-state index >= 15 is 0 Å². The molecule has 22 heavy (non-hydrogen) atoms. The lowest BCUT2D eigenvalue weighted by atomic mass is 10.1. The van der Waals surface area contributed by atoms with Crippen LogP contribution in [0.2, 0.25) is 0 Å². The normalized spacial score (nSPS) is 14.3. The van der Waals surface area contributed by atoms with Gasteiger partial charge in [0.1, 0.15) is 5.75 Å². The number of benzene rings is 1. The Morgan fingerprint density at radius 3 is 2.73 bits per heavy atom. The van der Waals surface area contributed by atoms with Gasteiger partial charge in [0, 0.05) is 24.7 Å². The number of esters is 1. The number of hydrogen-bond donors (Lipinski definition) is 0. The molecule has 0 aromatic heterocycles. The Morgan fingerprint density at radius 1 is 1.27 bits per heavy atom. The van der Waals surface area contributed by atoms with E-state index in [-0.39, 0.29) is 5.91 Å². The molecule has 0 N–H and O–H groups in total. The molecule has 5 heteroatoms. The molecule has 1 heterocycles. The first-order valence-electron chi connectivity index (χ1n) is 7.82. The molecule has 2 rings (SSSR count). The minimum absolute atomic E-state index is 0.0824. The van der Waals surface area contributed by atoms with E-state index in [0.29, 0.717) is 36.6 Å². The van der Waals surface area contributed by atoms with Gasteiger partial charge >= 0.3 is 5.97 Å². The lowest BCUT2D eigenvalue weighted by Crippen LogP contribution is -2.24. The zero-order chi connectivity index (χ0) is 15.9. The highest BCUT2D eigenvalue weighted by atomic mass is 16.5. The van der Waals surface area contributed by atoms with Crippen molar-refractivity contribution in [1.82, 2.24) is 0 Å². The summed E-state index contributed by atoms with van der Waals surface area (Å²) in [7, 11) is 1.35. The number of amides is 1. The van der Waals surface area contributed by atoms with E-state index < -0.39 is 5.97 Å². The predicted molar refractivity (Wildman–Crippen MR) is 84.4 cm³/mol. The van der Waals surface area contributed by atoms with Gasteiger partial charge in [0.15, 0.2) is 0 Å². The second-order valence-corrected chi connectivity index (χ2v) is 5.41. The lowest BCUT2D eigenvalue weighted by Gasteiger charge is -2.18. The van der Waals surface area contributed by atoms with Gasteiger partial charge in [-0.05, 0) is 25.0 Å². The number of ether oxygens (including phenoxy) is 2. The molecular formula is C17H23NO4. The molecule has 5 nitrogen and oxygen atoms in total. The maximum Gasteiger partial charge on any atom is 0.338 e. The van der Waals surface area contributed by atoms with E-state index in [9.17, 15) is 9.59 Å². The van der Waals surface area contributed by atoms with Gasteiger partial charge in [-0.15, -0.1) is 0 Å².